The van der Waals surface area contributed by atoms with Crippen molar-refractivity contribution in [3.8, 4) is 11.4 Å². The summed E-state index contributed by atoms with van der Waals surface area (Å²) >= 11 is 0. The van der Waals surface area contributed by atoms with E-state index in [9.17, 15) is 18.0 Å². The Bertz CT molecular complexity index is 1130. The number of benzene rings is 2. The van der Waals surface area contributed by atoms with Gasteiger partial charge in [0, 0.05) is 31.6 Å². The van der Waals surface area contributed by atoms with E-state index in [2.05, 4.69) is 40.8 Å². The molecule has 3 aromatic rings. The second-order valence-corrected chi connectivity index (χ2v) is 7.73. The first-order valence-electron chi connectivity index (χ1n) is 9.79. The third-order valence-electron chi connectivity index (χ3n) is 5.74. The number of H-pyrrole nitrogens is 1. The van der Waals surface area contributed by atoms with Gasteiger partial charge in [0.05, 0.1) is 16.8 Å². The van der Waals surface area contributed by atoms with E-state index in [4.69, 9.17) is 0 Å². The fourth-order valence-electron chi connectivity index (χ4n) is 3.79. The van der Waals surface area contributed by atoms with Gasteiger partial charge in [0.1, 0.15) is 5.82 Å². The summed E-state index contributed by atoms with van der Waals surface area (Å²) in [5.41, 5.74) is 4.57. The first-order chi connectivity index (χ1) is 14.2. The van der Waals surface area contributed by atoms with Crippen LogP contribution in [0, 0.1) is 13.8 Å². The molecule has 7 heteroatoms. The van der Waals surface area contributed by atoms with Crippen LogP contribution in [-0.4, -0.2) is 21.4 Å². The highest BCUT2D eigenvalue weighted by Gasteiger charge is 2.30. The Labute approximate surface area is 172 Å². The first kappa shape index (κ1) is 20.3. The van der Waals surface area contributed by atoms with Gasteiger partial charge in [-0.05, 0) is 42.7 Å². The molecule has 4 nitrogen and oxygen atoms in total. The quantitative estimate of drug-likeness (QED) is 0.681. The highest BCUT2D eigenvalue weighted by Crippen LogP contribution is 2.30. The summed E-state index contributed by atoms with van der Waals surface area (Å²) in [7, 11) is 0. The maximum atomic E-state index is 12.8. The van der Waals surface area contributed by atoms with Crippen molar-refractivity contribution in [1.82, 2.24) is 14.9 Å². The van der Waals surface area contributed by atoms with Gasteiger partial charge in [-0.2, -0.15) is 13.2 Å². The molecule has 4 rings (SSSR count). The average Bonchev–Trinajstić information content (AvgIpc) is 2.71. The molecule has 0 amide bonds. The zero-order chi connectivity index (χ0) is 21.5. The van der Waals surface area contributed by atoms with Gasteiger partial charge in [0.25, 0.3) is 5.56 Å². The van der Waals surface area contributed by atoms with Crippen LogP contribution < -0.4 is 5.56 Å². The van der Waals surface area contributed by atoms with Crippen LogP contribution in [0.4, 0.5) is 13.2 Å². The van der Waals surface area contributed by atoms with Crippen LogP contribution in [-0.2, 0) is 25.7 Å². The summed E-state index contributed by atoms with van der Waals surface area (Å²) in [6, 6.07) is 10.9. The van der Waals surface area contributed by atoms with Crippen molar-refractivity contribution < 1.29 is 13.2 Å². The van der Waals surface area contributed by atoms with Crippen LogP contribution in [0.5, 0.6) is 0 Å². The van der Waals surface area contributed by atoms with E-state index in [1.54, 1.807) is 0 Å². The number of hydrogen-bond donors (Lipinski definition) is 1. The van der Waals surface area contributed by atoms with Gasteiger partial charge in [-0.15, -0.1) is 0 Å². The molecule has 0 aliphatic carbocycles. The van der Waals surface area contributed by atoms with Gasteiger partial charge in [0.2, 0.25) is 0 Å². The predicted molar refractivity (Wildman–Crippen MR) is 109 cm³/mol. The number of aromatic amines is 1. The largest absolute Gasteiger partial charge is 0.416 e. The molecule has 30 heavy (non-hydrogen) atoms. The smallest absolute Gasteiger partial charge is 0.306 e. The minimum atomic E-state index is -4.39. The van der Waals surface area contributed by atoms with Crippen molar-refractivity contribution >= 4 is 0 Å². The molecule has 1 aliphatic rings. The zero-order valence-corrected chi connectivity index (χ0v) is 16.8. The molecule has 2 heterocycles. The number of rotatable bonds is 3. The maximum Gasteiger partial charge on any atom is 0.416 e. The Morgan fingerprint density at radius 3 is 2.53 bits per heavy atom. The lowest BCUT2D eigenvalue weighted by Crippen LogP contribution is -2.35. The van der Waals surface area contributed by atoms with Crippen molar-refractivity contribution in [2.75, 3.05) is 6.54 Å². The Morgan fingerprint density at radius 2 is 1.83 bits per heavy atom. The molecule has 0 saturated heterocycles. The van der Waals surface area contributed by atoms with Crippen molar-refractivity contribution in [2.45, 2.75) is 39.5 Å². The first-order valence-corrected chi connectivity index (χ1v) is 9.79. The summed E-state index contributed by atoms with van der Waals surface area (Å²) in [6.45, 7) is 6.21. The number of aromatic nitrogens is 2. The van der Waals surface area contributed by atoms with Crippen LogP contribution >= 0.6 is 0 Å². The minimum Gasteiger partial charge on any atom is -0.306 e. The normalized spacial score (nSPS) is 14.6. The van der Waals surface area contributed by atoms with Gasteiger partial charge < -0.3 is 4.98 Å². The van der Waals surface area contributed by atoms with E-state index in [-0.39, 0.29) is 5.56 Å². The van der Waals surface area contributed by atoms with Crippen molar-refractivity contribution in [1.29, 1.82) is 0 Å². The summed E-state index contributed by atoms with van der Waals surface area (Å²) in [6.07, 6.45) is -3.77. The monoisotopic (exact) mass is 413 g/mol. The molecule has 0 bridgehead atoms. The summed E-state index contributed by atoms with van der Waals surface area (Å²) in [5.74, 6) is 0.301. The molecule has 0 saturated carbocycles. The molecule has 1 N–H and O–H groups in total. The summed E-state index contributed by atoms with van der Waals surface area (Å²) in [5, 5.41) is 0. The maximum absolute atomic E-state index is 12.8. The zero-order valence-electron chi connectivity index (χ0n) is 16.8. The van der Waals surface area contributed by atoms with Crippen LogP contribution in [0.25, 0.3) is 11.4 Å². The molecular weight excluding hydrogens is 391 g/mol. The number of alkyl halides is 3. The SMILES string of the molecule is Cc1cccc(CN2CCc3nc(-c4ccc(C(F)(F)F)cc4)[nH]c(=O)c3C2)c1C. The Balaban J connectivity index is 1.57. The number of fused-ring (bicyclic) bond motifs is 1. The van der Waals surface area contributed by atoms with Gasteiger partial charge >= 0.3 is 6.18 Å². The molecule has 156 valence electrons. The van der Waals surface area contributed by atoms with Crippen LogP contribution in [0.15, 0.2) is 47.3 Å². The molecule has 0 fully saturated rings. The standard InChI is InChI=1S/C23H22F3N3O/c1-14-4-3-5-17(15(14)2)12-29-11-10-20-19(13-29)22(30)28-21(27-20)16-6-8-18(9-7-16)23(24,25)26/h3-9H,10-13H2,1-2H3,(H,27,28,30). The minimum absolute atomic E-state index is 0.236. The van der Waals surface area contributed by atoms with E-state index < -0.39 is 11.7 Å². The molecule has 1 aliphatic heterocycles. The Hall–Kier alpha value is -2.93. The highest BCUT2D eigenvalue weighted by atomic mass is 19.4. The van der Waals surface area contributed by atoms with Crippen molar-refractivity contribution in [3.05, 3.63) is 86.3 Å². The van der Waals surface area contributed by atoms with Crippen molar-refractivity contribution in [3.63, 3.8) is 0 Å². The third kappa shape index (κ3) is 4.03. The molecular formula is C23H22F3N3O. The van der Waals surface area contributed by atoms with Gasteiger partial charge in [-0.1, -0.05) is 30.3 Å². The lowest BCUT2D eigenvalue weighted by Gasteiger charge is -2.28. The number of aryl methyl sites for hydroxylation is 1. The molecule has 0 unspecified atom stereocenters. The molecule has 0 spiro atoms. The Morgan fingerprint density at radius 1 is 1.10 bits per heavy atom. The molecule has 0 radical (unpaired) electrons. The second-order valence-electron chi connectivity index (χ2n) is 7.73. The van der Waals surface area contributed by atoms with E-state index in [0.29, 0.717) is 35.6 Å². The highest BCUT2D eigenvalue weighted by molar-refractivity contribution is 5.56. The fraction of sp³-hybridized carbons (Fsp3) is 0.304. The van der Waals surface area contributed by atoms with Crippen LogP contribution in [0.3, 0.4) is 0 Å². The second kappa shape index (κ2) is 7.72. The molecule has 1 aromatic heterocycles. The van der Waals surface area contributed by atoms with Crippen molar-refractivity contribution in [2.24, 2.45) is 0 Å². The van der Waals surface area contributed by atoms with E-state index in [0.717, 1.165) is 25.2 Å². The average molecular weight is 413 g/mol. The van der Waals surface area contributed by atoms with Crippen LogP contribution in [0.1, 0.15) is 33.5 Å². The van der Waals surface area contributed by atoms with Crippen LogP contribution in [0.2, 0.25) is 0 Å². The van der Waals surface area contributed by atoms with E-state index >= 15 is 0 Å². The summed E-state index contributed by atoms with van der Waals surface area (Å²) in [4.78, 5) is 22.2. The third-order valence-corrected chi connectivity index (χ3v) is 5.74. The number of halogens is 3. The lowest BCUT2D eigenvalue weighted by atomic mass is 10.0. The number of nitrogens with one attached hydrogen (secondary N) is 1. The molecule has 2 aromatic carbocycles. The summed E-state index contributed by atoms with van der Waals surface area (Å²) < 4.78 is 38.3. The number of nitrogens with zero attached hydrogens (tertiary/aromatic N) is 2. The molecule has 0 atom stereocenters. The van der Waals surface area contributed by atoms with Gasteiger partial charge in [-0.25, -0.2) is 4.98 Å². The van der Waals surface area contributed by atoms with Gasteiger partial charge in [0.15, 0.2) is 0 Å². The van der Waals surface area contributed by atoms with E-state index in [1.165, 1.54) is 28.8 Å². The Kier molecular flexibility index (Phi) is 5.24. The van der Waals surface area contributed by atoms with E-state index in [1.807, 2.05) is 6.07 Å². The van der Waals surface area contributed by atoms with Gasteiger partial charge in [-0.3, -0.25) is 9.69 Å². The predicted octanol–water partition coefficient (Wildman–Crippen LogP) is 4.63. The lowest BCUT2D eigenvalue weighted by molar-refractivity contribution is -0.137. The topological polar surface area (TPSA) is 49.0 Å². The number of hydrogen-bond acceptors (Lipinski definition) is 3. The fourth-order valence-corrected chi connectivity index (χ4v) is 3.79.